The van der Waals surface area contributed by atoms with Crippen LogP contribution >= 0.6 is 0 Å². The summed E-state index contributed by atoms with van der Waals surface area (Å²) in [7, 11) is 1.38. The van der Waals surface area contributed by atoms with Crippen molar-refractivity contribution < 1.29 is 19.4 Å². The van der Waals surface area contributed by atoms with E-state index in [0.29, 0.717) is 5.56 Å². The molecule has 0 aromatic heterocycles. The van der Waals surface area contributed by atoms with Crippen molar-refractivity contribution in [3.05, 3.63) is 35.9 Å². The molecule has 1 atom stereocenters. The van der Waals surface area contributed by atoms with Crippen LogP contribution in [0.2, 0.25) is 0 Å². The molecule has 0 aliphatic heterocycles. The van der Waals surface area contributed by atoms with E-state index in [1.807, 2.05) is 0 Å². The van der Waals surface area contributed by atoms with Crippen molar-refractivity contribution in [3.63, 3.8) is 0 Å². The second kappa shape index (κ2) is 5.87. The van der Waals surface area contributed by atoms with Gasteiger partial charge >= 0.3 is 5.97 Å². The van der Waals surface area contributed by atoms with Gasteiger partial charge < -0.3 is 15.2 Å². The second-order valence-electron chi connectivity index (χ2n) is 3.19. The Hall–Kier alpha value is -1.88. The molecule has 0 radical (unpaired) electrons. The van der Waals surface area contributed by atoms with Crippen molar-refractivity contribution in [3.8, 4) is 0 Å². The number of nitrogens with one attached hydrogen (secondary N) is 1. The van der Waals surface area contributed by atoms with Crippen LogP contribution in [0.1, 0.15) is 10.4 Å². The Labute approximate surface area is 93.0 Å². The lowest BCUT2D eigenvalue weighted by Crippen LogP contribution is -2.43. The van der Waals surface area contributed by atoms with Gasteiger partial charge in [0.2, 0.25) is 0 Å². The van der Waals surface area contributed by atoms with E-state index in [-0.39, 0.29) is 6.61 Å². The standard InChI is InChI=1S/C11H13NO4/c1-16-7-9(11(14)15)12-10(13)8-5-3-2-4-6-8/h2-6,9H,7H2,1H3,(H,12,13)(H,14,15). The van der Waals surface area contributed by atoms with Crippen LogP contribution in [-0.2, 0) is 9.53 Å². The number of aliphatic carboxylic acids is 1. The van der Waals surface area contributed by atoms with E-state index in [4.69, 9.17) is 9.84 Å². The van der Waals surface area contributed by atoms with Crippen LogP contribution in [0, 0.1) is 0 Å². The van der Waals surface area contributed by atoms with Crippen molar-refractivity contribution >= 4 is 11.9 Å². The quantitative estimate of drug-likeness (QED) is 0.762. The Morgan fingerprint density at radius 1 is 1.38 bits per heavy atom. The molecule has 16 heavy (non-hydrogen) atoms. The van der Waals surface area contributed by atoms with Crippen LogP contribution in [-0.4, -0.2) is 36.7 Å². The number of amides is 1. The number of hydrogen-bond donors (Lipinski definition) is 2. The van der Waals surface area contributed by atoms with E-state index in [9.17, 15) is 9.59 Å². The molecule has 0 spiro atoms. The number of benzene rings is 1. The maximum absolute atomic E-state index is 11.6. The number of hydrogen-bond acceptors (Lipinski definition) is 3. The summed E-state index contributed by atoms with van der Waals surface area (Å²) >= 11 is 0. The first-order valence-electron chi connectivity index (χ1n) is 4.73. The number of rotatable bonds is 5. The van der Waals surface area contributed by atoms with Crippen LogP contribution in [0.3, 0.4) is 0 Å². The van der Waals surface area contributed by atoms with Gasteiger partial charge in [-0.1, -0.05) is 18.2 Å². The highest BCUT2D eigenvalue weighted by atomic mass is 16.5. The maximum Gasteiger partial charge on any atom is 0.328 e. The summed E-state index contributed by atoms with van der Waals surface area (Å²) < 4.78 is 4.71. The zero-order valence-corrected chi connectivity index (χ0v) is 8.84. The fourth-order valence-corrected chi connectivity index (χ4v) is 1.17. The summed E-state index contributed by atoms with van der Waals surface area (Å²) in [4.78, 5) is 22.4. The van der Waals surface area contributed by atoms with Crippen molar-refractivity contribution in [2.45, 2.75) is 6.04 Å². The topological polar surface area (TPSA) is 75.6 Å². The van der Waals surface area contributed by atoms with Crippen LogP contribution in [0.5, 0.6) is 0 Å². The molecular formula is C11H13NO4. The predicted octanol–water partition coefficient (Wildman–Crippen LogP) is 0.516. The van der Waals surface area contributed by atoms with Gasteiger partial charge in [0, 0.05) is 12.7 Å². The molecule has 2 N–H and O–H groups in total. The Kier molecular flexibility index (Phi) is 4.47. The fraction of sp³-hybridized carbons (Fsp3) is 0.273. The lowest BCUT2D eigenvalue weighted by molar-refractivity contribution is -0.140. The van der Waals surface area contributed by atoms with Gasteiger partial charge in [0.05, 0.1) is 6.61 Å². The average Bonchev–Trinajstić information content (AvgIpc) is 2.29. The minimum atomic E-state index is -1.12. The third kappa shape index (κ3) is 3.36. The number of methoxy groups -OCH3 is 1. The Morgan fingerprint density at radius 3 is 2.50 bits per heavy atom. The summed E-state index contributed by atoms with van der Waals surface area (Å²) in [5.41, 5.74) is 0.421. The minimum Gasteiger partial charge on any atom is -0.480 e. The monoisotopic (exact) mass is 223 g/mol. The summed E-state index contributed by atoms with van der Waals surface area (Å²) in [6.07, 6.45) is 0. The van der Waals surface area contributed by atoms with Crippen LogP contribution in [0.4, 0.5) is 0 Å². The minimum absolute atomic E-state index is 0.0616. The Balaban J connectivity index is 2.65. The predicted molar refractivity (Wildman–Crippen MR) is 57.2 cm³/mol. The highest BCUT2D eigenvalue weighted by Gasteiger charge is 2.19. The zero-order chi connectivity index (χ0) is 12.0. The molecule has 1 unspecified atom stereocenters. The van der Waals surface area contributed by atoms with E-state index < -0.39 is 17.9 Å². The van der Waals surface area contributed by atoms with Gasteiger partial charge in [-0.3, -0.25) is 4.79 Å². The van der Waals surface area contributed by atoms with Crippen LogP contribution in [0.15, 0.2) is 30.3 Å². The molecule has 0 bridgehead atoms. The Bertz CT molecular complexity index is 364. The Morgan fingerprint density at radius 2 is 2.00 bits per heavy atom. The van der Waals surface area contributed by atoms with E-state index >= 15 is 0 Å². The van der Waals surface area contributed by atoms with Crippen molar-refractivity contribution in [2.75, 3.05) is 13.7 Å². The van der Waals surface area contributed by atoms with Gasteiger partial charge in [0.1, 0.15) is 0 Å². The summed E-state index contributed by atoms with van der Waals surface area (Å²) in [5, 5.41) is 11.2. The summed E-state index contributed by atoms with van der Waals surface area (Å²) in [5.74, 6) is -1.55. The first-order valence-corrected chi connectivity index (χ1v) is 4.73. The largest absolute Gasteiger partial charge is 0.480 e. The van der Waals surface area contributed by atoms with Crippen molar-refractivity contribution in [1.29, 1.82) is 0 Å². The molecule has 1 aromatic carbocycles. The first-order chi connectivity index (χ1) is 7.65. The maximum atomic E-state index is 11.6. The van der Waals surface area contributed by atoms with Gasteiger partial charge in [-0.05, 0) is 12.1 Å². The van der Waals surface area contributed by atoms with E-state index in [1.165, 1.54) is 7.11 Å². The molecule has 1 rings (SSSR count). The fourth-order valence-electron chi connectivity index (χ4n) is 1.17. The smallest absolute Gasteiger partial charge is 0.328 e. The lowest BCUT2D eigenvalue weighted by atomic mass is 10.2. The molecule has 86 valence electrons. The van der Waals surface area contributed by atoms with Gasteiger partial charge in [-0.25, -0.2) is 4.79 Å². The third-order valence-electron chi connectivity index (χ3n) is 1.97. The van der Waals surface area contributed by atoms with Gasteiger partial charge in [-0.15, -0.1) is 0 Å². The molecule has 0 fully saturated rings. The highest BCUT2D eigenvalue weighted by Crippen LogP contribution is 1.99. The molecule has 1 aromatic rings. The third-order valence-corrected chi connectivity index (χ3v) is 1.97. The normalized spacial score (nSPS) is 11.8. The zero-order valence-electron chi connectivity index (χ0n) is 8.84. The number of carbonyl (C=O) groups excluding carboxylic acids is 1. The van der Waals surface area contributed by atoms with Crippen LogP contribution < -0.4 is 5.32 Å². The summed E-state index contributed by atoms with van der Waals surface area (Å²) in [6, 6.07) is 7.39. The second-order valence-corrected chi connectivity index (χ2v) is 3.19. The van der Waals surface area contributed by atoms with Gasteiger partial charge in [0.15, 0.2) is 6.04 Å². The van der Waals surface area contributed by atoms with Crippen molar-refractivity contribution in [2.24, 2.45) is 0 Å². The van der Waals surface area contributed by atoms with E-state index in [1.54, 1.807) is 30.3 Å². The molecule has 0 aliphatic rings. The number of carboxylic acids is 1. The van der Waals surface area contributed by atoms with Gasteiger partial charge in [-0.2, -0.15) is 0 Å². The summed E-state index contributed by atoms with van der Waals surface area (Å²) in [6.45, 7) is -0.0616. The molecule has 5 heteroatoms. The number of ether oxygens (including phenoxy) is 1. The molecule has 0 aliphatic carbocycles. The molecule has 0 saturated heterocycles. The number of carboxylic acid groups (broad SMARTS) is 1. The molecule has 5 nitrogen and oxygen atoms in total. The van der Waals surface area contributed by atoms with Gasteiger partial charge in [0.25, 0.3) is 5.91 Å². The van der Waals surface area contributed by atoms with Crippen molar-refractivity contribution in [1.82, 2.24) is 5.32 Å². The lowest BCUT2D eigenvalue weighted by Gasteiger charge is -2.13. The molecular weight excluding hydrogens is 210 g/mol. The molecule has 0 heterocycles. The number of carbonyl (C=O) groups is 2. The van der Waals surface area contributed by atoms with E-state index in [2.05, 4.69) is 5.32 Å². The SMILES string of the molecule is COCC(NC(=O)c1ccccc1)C(=O)O. The van der Waals surface area contributed by atoms with Crippen LogP contribution in [0.25, 0.3) is 0 Å². The molecule has 0 saturated carbocycles. The van der Waals surface area contributed by atoms with E-state index in [0.717, 1.165) is 0 Å². The average molecular weight is 223 g/mol. The highest BCUT2D eigenvalue weighted by molar-refractivity contribution is 5.96. The molecule has 1 amide bonds. The first kappa shape index (κ1) is 12.2.